The Bertz CT molecular complexity index is 490. The minimum atomic E-state index is -1.13. The zero-order chi connectivity index (χ0) is 15.1. The summed E-state index contributed by atoms with van der Waals surface area (Å²) >= 11 is 0. The summed E-state index contributed by atoms with van der Waals surface area (Å²) in [5, 5.41) is 20.0. The predicted octanol–water partition coefficient (Wildman–Crippen LogP) is -0.113. The van der Waals surface area contributed by atoms with Crippen LogP contribution in [0.5, 0.6) is 0 Å². The van der Waals surface area contributed by atoms with Gasteiger partial charge in [0, 0.05) is 19.8 Å². The number of hydrogen-bond acceptors (Lipinski definition) is 6. The number of fused-ring (bicyclic) bond motifs is 1. The van der Waals surface area contributed by atoms with Crippen LogP contribution in [0.1, 0.15) is 35.7 Å². The summed E-state index contributed by atoms with van der Waals surface area (Å²) < 4.78 is 10.8. The summed E-state index contributed by atoms with van der Waals surface area (Å²) in [6, 6.07) is 3.98. The topological polar surface area (TPSA) is 111 Å². The van der Waals surface area contributed by atoms with Crippen LogP contribution in [0.3, 0.4) is 0 Å². The maximum Gasteiger partial charge on any atom is 0.191 e. The molecule has 6 N–H and O–H groups in total. The molecule has 6 nitrogen and oxygen atoms in total. The molecule has 0 bridgehead atoms. The van der Waals surface area contributed by atoms with Gasteiger partial charge in [-0.25, -0.2) is 0 Å². The quantitative estimate of drug-likeness (QED) is 0.576. The number of methoxy groups -OCH3 is 2. The first kappa shape index (κ1) is 15.4. The van der Waals surface area contributed by atoms with Gasteiger partial charge in [0.2, 0.25) is 0 Å². The third kappa shape index (κ3) is 2.14. The minimum absolute atomic E-state index is 0.670. The first-order valence-corrected chi connectivity index (χ1v) is 6.48. The SMILES string of the molecule is COC(C)(OC)c1cccc2c1[C@H](N)[C@@H](O)[C@@H](O)[C@@H]2N. The van der Waals surface area contributed by atoms with Crippen LogP contribution in [0.15, 0.2) is 18.2 Å². The van der Waals surface area contributed by atoms with Gasteiger partial charge in [-0.3, -0.25) is 0 Å². The first-order chi connectivity index (χ1) is 9.37. The molecule has 0 unspecified atom stereocenters. The van der Waals surface area contributed by atoms with E-state index in [1.807, 2.05) is 12.1 Å². The molecule has 20 heavy (non-hydrogen) atoms. The Kier molecular flexibility index (Phi) is 4.15. The molecule has 1 aliphatic carbocycles. The maximum absolute atomic E-state index is 10.1. The Hall–Kier alpha value is -1.02. The number of hydrogen-bond donors (Lipinski definition) is 4. The Labute approximate surface area is 118 Å². The van der Waals surface area contributed by atoms with Crippen LogP contribution < -0.4 is 11.5 Å². The van der Waals surface area contributed by atoms with Crippen LogP contribution in [0, 0.1) is 0 Å². The Morgan fingerprint density at radius 3 is 2.15 bits per heavy atom. The van der Waals surface area contributed by atoms with Crippen molar-refractivity contribution in [1.29, 1.82) is 0 Å². The first-order valence-electron chi connectivity index (χ1n) is 6.48. The summed E-state index contributed by atoms with van der Waals surface area (Å²) in [7, 11) is 3.06. The molecule has 0 amide bonds. The van der Waals surface area contributed by atoms with Crippen molar-refractivity contribution >= 4 is 0 Å². The molecular weight excluding hydrogens is 260 g/mol. The predicted molar refractivity (Wildman–Crippen MR) is 73.7 cm³/mol. The lowest BCUT2D eigenvalue weighted by Gasteiger charge is -2.40. The molecule has 0 radical (unpaired) electrons. The zero-order valence-corrected chi connectivity index (χ0v) is 11.9. The van der Waals surface area contributed by atoms with Gasteiger partial charge in [0.05, 0.1) is 12.1 Å². The van der Waals surface area contributed by atoms with E-state index in [4.69, 9.17) is 20.9 Å². The molecule has 1 aromatic carbocycles. The number of aliphatic hydroxyl groups excluding tert-OH is 2. The largest absolute Gasteiger partial charge is 0.388 e. The number of nitrogens with two attached hydrogens (primary N) is 2. The number of aliphatic hydroxyl groups is 2. The van der Waals surface area contributed by atoms with Crippen molar-refractivity contribution in [2.75, 3.05) is 14.2 Å². The normalized spacial score (nSPS) is 30.1. The fourth-order valence-electron chi connectivity index (χ4n) is 2.72. The fourth-order valence-corrected chi connectivity index (χ4v) is 2.72. The van der Waals surface area contributed by atoms with Crippen molar-refractivity contribution in [2.24, 2.45) is 11.5 Å². The molecule has 1 aliphatic rings. The molecule has 0 heterocycles. The molecule has 1 aromatic rings. The standard InChI is InChI=1S/C14H22N2O4/c1-14(19-2,20-3)8-6-4-5-7-9(8)11(16)13(18)12(17)10(7)15/h4-6,10-13,17-18H,15-16H2,1-3H3/t10-,11+,12+,13-/m1/s1. The molecule has 4 atom stereocenters. The molecule has 0 fully saturated rings. The second-order valence-corrected chi connectivity index (χ2v) is 5.20. The summed E-state index contributed by atoms with van der Waals surface area (Å²) in [6.45, 7) is 1.76. The number of rotatable bonds is 3. The maximum atomic E-state index is 10.1. The highest BCUT2D eigenvalue weighted by molar-refractivity contribution is 5.45. The van der Waals surface area contributed by atoms with Gasteiger partial charge in [0.1, 0.15) is 12.2 Å². The molecule has 0 aliphatic heterocycles. The highest BCUT2D eigenvalue weighted by Gasteiger charge is 2.42. The van der Waals surface area contributed by atoms with E-state index in [9.17, 15) is 10.2 Å². The monoisotopic (exact) mass is 282 g/mol. The lowest BCUT2D eigenvalue weighted by Crippen LogP contribution is -2.49. The fraction of sp³-hybridized carbons (Fsp3) is 0.571. The van der Waals surface area contributed by atoms with Crippen LogP contribution in [0.2, 0.25) is 0 Å². The highest BCUT2D eigenvalue weighted by Crippen LogP contribution is 2.40. The van der Waals surface area contributed by atoms with Crippen molar-refractivity contribution in [2.45, 2.75) is 37.0 Å². The van der Waals surface area contributed by atoms with E-state index >= 15 is 0 Å². The van der Waals surface area contributed by atoms with Crippen molar-refractivity contribution in [3.05, 3.63) is 34.9 Å². The van der Waals surface area contributed by atoms with Crippen molar-refractivity contribution in [3.8, 4) is 0 Å². The molecular formula is C14H22N2O4. The van der Waals surface area contributed by atoms with Crippen molar-refractivity contribution in [3.63, 3.8) is 0 Å². The van der Waals surface area contributed by atoms with Crippen LogP contribution >= 0.6 is 0 Å². The van der Waals surface area contributed by atoms with Gasteiger partial charge in [-0.15, -0.1) is 0 Å². The second-order valence-electron chi connectivity index (χ2n) is 5.20. The van der Waals surface area contributed by atoms with E-state index in [-0.39, 0.29) is 0 Å². The van der Waals surface area contributed by atoms with Crippen LogP contribution in [-0.4, -0.2) is 36.6 Å². The van der Waals surface area contributed by atoms with Gasteiger partial charge in [0.25, 0.3) is 0 Å². The molecule has 2 rings (SSSR count). The minimum Gasteiger partial charge on any atom is -0.388 e. The second kappa shape index (κ2) is 5.40. The zero-order valence-electron chi connectivity index (χ0n) is 11.9. The molecule has 112 valence electrons. The third-order valence-electron chi connectivity index (χ3n) is 4.19. The summed E-state index contributed by atoms with van der Waals surface area (Å²) in [6.07, 6.45) is -2.22. The third-order valence-corrected chi connectivity index (χ3v) is 4.19. The van der Waals surface area contributed by atoms with Crippen molar-refractivity contribution < 1.29 is 19.7 Å². The van der Waals surface area contributed by atoms with E-state index in [1.54, 1.807) is 13.0 Å². The van der Waals surface area contributed by atoms with Gasteiger partial charge >= 0.3 is 0 Å². The molecule has 0 saturated carbocycles. The van der Waals surface area contributed by atoms with Crippen LogP contribution in [0.4, 0.5) is 0 Å². The van der Waals surface area contributed by atoms with E-state index in [0.717, 1.165) is 0 Å². The smallest absolute Gasteiger partial charge is 0.191 e. The van der Waals surface area contributed by atoms with Crippen LogP contribution in [-0.2, 0) is 15.3 Å². The lowest BCUT2D eigenvalue weighted by molar-refractivity contribution is -0.202. The molecule has 0 aromatic heterocycles. The van der Waals surface area contributed by atoms with Gasteiger partial charge < -0.3 is 31.2 Å². The Morgan fingerprint density at radius 2 is 1.60 bits per heavy atom. The van der Waals surface area contributed by atoms with Crippen molar-refractivity contribution in [1.82, 2.24) is 0 Å². The summed E-state index contributed by atoms with van der Waals surface area (Å²) in [5.41, 5.74) is 14.1. The Balaban J connectivity index is 2.65. The molecule has 0 spiro atoms. The molecule has 0 saturated heterocycles. The van der Waals surface area contributed by atoms with E-state index in [2.05, 4.69) is 0 Å². The van der Waals surface area contributed by atoms with Gasteiger partial charge in [-0.1, -0.05) is 18.2 Å². The lowest BCUT2D eigenvalue weighted by atomic mass is 9.77. The van der Waals surface area contributed by atoms with Crippen LogP contribution in [0.25, 0.3) is 0 Å². The average Bonchev–Trinajstić information content (AvgIpc) is 2.49. The van der Waals surface area contributed by atoms with E-state index in [1.165, 1.54) is 14.2 Å². The average molecular weight is 282 g/mol. The van der Waals surface area contributed by atoms with Gasteiger partial charge in [-0.2, -0.15) is 0 Å². The van der Waals surface area contributed by atoms with E-state index < -0.39 is 30.1 Å². The summed E-state index contributed by atoms with van der Waals surface area (Å²) in [5.74, 6) is -0.995. The van der Waals surface area contributed by atoms with E-state index in [0.29, 0.717) is 16.7 Å². The Morgan fingerprint density at radius 1 is 1.05 bits per heavy atom. The number of benzene rings is 1. The van der Waals surface area contributed by atoms with Gasteiger partial charge in [-0.05, 0) is 18.1 Å². The van der Waals surface area contributed by atoms with Gasteiger partial charge in [0.15, 0.2) is 5.79 Å². The highest BCUT2D eigenvalue weighted by atomic mass is 16.7. The number of ether oxygens (including phenoxy) is 2. The molecule has 6 heteroatoms. The summed E-state index contributed by atoms with van der Waals surface area (Å²) in [4.78, 5) is 0.